The van der Waals surface area contributed by atoms with Crippen LogP contribution in [0.25, 0.3) is 60.1 Å². The molecule has 0 aliphatic carbocycles. The molecule has 0 bridgehead atoms. The molecule has 0 unspecified atom stereocenters. The van der Waals surface area contributed by atoms with E-state index >= 15 is 0 Å². The summed E-state index contributed by atoms with van der Waals surface area (Å²) in [6.45, 7) is 2.22. The fraction of sp³-hybridized carbons (Fsp3) is 0.0800. The van der Waals surface area contributed by atoms with Gasteiger partial charge >= 0.3 is 0 Å². The van der Waals surface area contributed by atoms with Crippen LogP contribution >= 0.6 is 0 Å². The number of furan rings is 1. The first-order chi connectivity index (χ1) is 13.7. The van der Waals surface area contributed by atoms with Gasteiger partial charge in [-0.05, 0) is 23.9 Å². The van der Waals surface area contributed by atoms with Crippen LogP contribution in [0.2, 0.25) is 0 Å². The number of pyridine rings is 2. The van der Waals surface area contributed by atoms with Crippen molar-refractivity contribution in [1.29, 1.82) is 0 Å². The van der Waals surface area contributed by atoms with Crippen LogP contribution in [-0.2, 0) is 7.05 Å². The van der Waals surface area contributed by atoms with E-state index in [0.29, 0.717) is 0 Å². The molecule has 0 radical (unpaired) electrons. The van der Waals surface area contributed by atoms with Crippen molar-refractivity contribution in [3.8, 4) is 0 Å². The van der Waals surface area contributed by atoms with Gasteiger partial charge in [-0.1, -0.05) is 42.5 Å². The normalized spacial score (nSPS) is 12.6. The number of benzene rings is 3. The molecule has 0 amide bonds. The third-order valence-electron chi connectivity index (χ3n) is 6.38. The zero-order valence-corrected chi connectivity index (χ0v) is 15.7. The van der Waals surface area contributed by atoms with E-state index in [1.807, 2.05) is 0 Å². The Balaban J connectivity index is 2.01. The maximum atomic E-state index is 5.81. The lowest BCUT2D eigenvalue weighted by atomic mass is 9.97. The number of rotatable bonds is 0. The Morgan fingerprint density at radius 2 is 1.71 bits per heavy atom. The highest BCUT2D eigenvalue weighted by Crippen LogP contribution is 2.41. The van der Waals surface area contributed by atoms with Crippen LogP contribution in [0.15, 0.2) is 71.3 Å². The van der Waals surface area contributed by atoms with Crippen molar-refractivity contribution < 1.29 is 8.98 Å². The van der Waals surface area contributed by atoms with Crippen LogP contribution in [0.1, 0.15) is 5.56 Å². The molecule has 132 valence electrons. The van der Waals surface area contributed by atoms with Gasteiger partial charge in [0.25, 0.3) is 5.52 Å². The summed E-state index contributed by atoms with van der Waals surface area (Å²) in [5.74, 6) is 0. The predicted octanol–water partition coefficient (Wildman–Crippen LogP) is 5.87. The first-order valence-electron chi connectivity index (χ1n) is 9.60. The monoisotopic (exact) mass is 361 g/mol. The zero-order valence-electron chi connectivity index (χ0n) is 15.7. The highest BCUT2D eigenvalue weighted by molar-refractivity contribution is 6.28. The average Bonchev–Trinajstić information content (AvgIpc) is 3.31. The molecular formula is C25H17N2O+. The molecule has 0 N–H and O–H groups in total. The van der Waals surface area contributed by atoms with Gasteiger partial charge in [0, 0.05) is 28.3 Å². The van der Waals surface area contributed by atoms with Crippen LogP contribution in [0.3, 0.4) is 0 Å². The van der Waals surface area contributed by atoms with Crippen molar-refractivity contribution in [3.05, 3.63) is 72.5 Å². The molecule has 3 heteroatoms. The van der Waals surface area contributed by atoms with Crippen molar-refractivity contribution in [2.45, 2.75) is 6.92 Å². The van der Waals surface area contributed by atoms with E-state index in [2.05, 4.69) is 83.6 Å². The quantitative estimate of drug-likeness (QED) is 0.188. The van der Waals surface area contributed by atoms with Crippen molar-refractivity contribution >= 4 is 60.1 Å². The van der Waals surface area contributed by atoms with E-state index in [0.717, 1.165) is 11.1 Å². The van der Waals surface area contributed by atoms with Crippen molar-refractivity contribution in [2.24, 2.45) is 7.05 Å². The summed E-state index contributed by atoms with van der Waals surface area (Å²) >= 11 is 0. The van der Waals surface area contributed by atoms with E-state index in [1.165, 1.54) is 54.6 Å². The van der Waals surface area contributed by atoms with Crippen LogP contribution < -0.4 is 4.57 Å². The van der Waals surface area contributed by atoms with E-state index in [1.54, 1.807) is 6.26 Å². The minimum absolute atomic E-state index is 0.913. The molecule has 0 saturated heterocycles. The Morgan fingerprint density at radius 1 is 0.857 bits per heavy atom. The second-order valence-corrected chi connectivity index (χ2v) is 7.78. The minimum Gasteiger partial charge on any atom is -0.458 e. The number of aryl methyl sites for hydroxylation is 2. The van der Waals surface area contributed by atoms with Crippen LogP contribution in [-0.4, -0.2) is 4.40 Å². The van der Waals surface area contributed by atoms with Crippen molar-refractivity contribution in [2.75, 3.05) is 0 Å². The lowest BCUT2D eigenvalue weighted by Crippen LogP contribution is -2.30. The van der Waals surface area contributed by atoms with E-state index in [-0.39, 0.29) is 0 Å². The SMILES string of the molecule is Cc1ccc2ccc3c4ccccc4n4c5cc6occc6[n+](C)c5c1c2c34. The summed E-state index contributed by atoms with van der Waals surface area (Å²) in [5.41, 5.74) is 8.30. The first kappa shape index (κ1) is 14.5. The van der Waals surface area contributed by atoms with Gasteiger partial charge in [-0.2, -0.15) is 4.57 Å². The van der Waals surface area contributed by atoms with Crippen molar-refractivity contribution in [1.82, 2.24) is 4.40 Å². The Labute approximate surface area is 160 Å². The molecule has 0 atom stereocenters. The van der Waals surface area contributed by atoms with Gasteiger partial charge in [0.1, 0.15) is 12.6 Å². The molecule has 4 aromatic heterocycles. The molecule has 0 spiro atoms. The molecule has 0 aliphatic rings. The fourth-order valence-corrected chi connectivity index (χ4v) is 5.18. The smallest absolute Gasteiger partial charge is 0.251 e. The lowest BCUT2D eigenvalue weighted by Gasteiger charge is -2.13. The van der Waals surface area contributed by atoms with Crippen molar-refractivity contribution in [3.63, 3.8) is 0 Å². The number of hydrogen-bond donors (Lipinski definition) is 0. The van der Waals surface area contributed by atoms with E-state index < -0.39 is 0 Å². The summed E-state index contributed by atoms with van der Waals surface area (Å²) in [7, 11) is 2.14. The number of para-hydroxylation sites is 1. The molecule has 7 rings (SSSR count). The Kier molecular flexibility index (Phi) is 2.39. The van der Waals surface area contributed by atoms with Gasteiger partial charge in [0.15, 0.2) is 5.58 Å². The second kappa shape index (κ2) is 4.63. The van der Waals surface area contributed by atoms with Gasteiger partial charge in [0.05, 0.1) is 22.7 Å². The zero-order chi connectivity index (χ0) is 18.6. The number of nitrogens with zero attached hydrogens (tertiary/aromatic N) is 2. The van der Waals surface area contributed by atoms with E-state index in [9.17, 15) is 0 Å². The number of aromatic nitrogens is 2. The lowest BCUT2D eigenvalue weighted by molar-refractivity contribution is -0.617. The van der Waals surface area contributed by atoms with Gasteiger partial charge in [-0.3, -0.25) is 0 Å². The first-order valence-corrected chi connectivity index (χ1v) is 9.60. The Hall–Kier alpha value is -3.59. The number of hydrogen-bond acceptors (Lipinski definition) is 1. The Bertz CT molecular complexity index is 1730. The highest BCUT2D eigenvalue weighted by atomic mass is 16.3. The molecule has 28 heavy (non-hydrogen) atoms. The van der Waals surface area contributed by atoms with Gasteiger partial charge in [-0.25, -0.2) is 0 Å². The maximum Gasteiger partial charge on any atom is 0.251 e. The predicted molar refractivity (Wildman–Crippen MR) is 114 cm³/mol. The summed E-state index contributed by atoms with van der Waals surface area (Å²) in [4.78, 5) is 0. The molecule has 0 fully saturated rings. The molecule has 3 nitrogen and oxygen atoms in total. The average molecular weight is 361 g/mol. The molecule has 4 heterocycles. The van der Waals surface area contributed by atoms with Crippen LogP contribution in [0.4, 0.5) is 0 Å². The topological polar surface area (TPSA) is 21.4 Å². The highest BCUT2D eigenvalue weighted by Gasteiger charge is 2.25. The summed E-state index contributed by atoms with van der Waals surface area (Å²) in [6.07, 6.45) is 1.78. The fourth-order valence-electron chi connectivity index (χ4n) is 5.18. The standard InChI is InChI=1S/C25H17N2O/c1-14-7-8-15-9-10-17-16-5-3-4-6-18(16)27-20-13-21-19(11-12-28-21)26(2)25(20)22(14)23(15)24(17)27/h3-13H,1-2H3/q+1. The van der Waals surface area contributed by atoms with Crippen LogP contribution in [0.5, 0.6) is 0 Å². The minimum atomic E-state index is 0.913. The van der Waals surface area contributed by atoms with E-state index in [4.69, 9.17) is 4.42 Å². The van der Waals surface area contributed by atoms with Gasteiger partial charge < -0.3 is 8.82 Å². The third kappa shape index (κ3) is 1.48. The third-order valence-corrected chi connectivity index (χ3v) is 6.38. The molecular weight excluding hydrogens is 344 g/mol. The summed E-state index contributed by atoms with van der Waals surface area (Å²) < 4.78 is 10.5. The molecule has 0 aliphatic heterocycles. The molecule has 3 aromatic carbocycles. The Morgan fingerprint density at radius 3 is 2.64 bits per heavy atom. The van der Waals surface area contributed by atoms with Gasteiger partial charge in [-0.15, -0.1) is 0 Å². The van der Waals surface area contributed by atoms with Gasteiger partial charge in [0.2, 0.25) is 5.52 Å². The van der Waals surface area contributed by atoms with Crippen LogP contribution in [0, 0.1) is 6.92 Å². The summed E-state index contributed by atoms with van der Waals surface area (Å²) in [6, 6.07) is 22.0. The second-order valence-electron chi connectivity index (χ2n) is 7.78. The molecule has 7 aromatic rings. The molecule has 0 saturated carbocycles. The number of fused-ring (bicyclic) bond motifs is 7. The largest absolute Gasteiger partial charge is 0.458 e. The summed E-state index contributed by atoms with van der Waals surface area (Å²) in [5, 5.41) is 6.57. The maximum absolute atomic E-state index is 5.81.